The lowest BCUT2D eigenvalue weighted by Crippen LogP contribution is -2.52. The van der Waals surface area contributed by atoms with Crippen LogP contribution in [0.25, 0.3) is 0 Å². The third kappa shape index (κ3) is 6.15. The second-order valence-electron chi connectivity index (χ2n) is 8.33. The largest absolute Gasteiger partial charge is 0.480 e. The molecule has 2 aliphatic rings. The van der Waals surface area contributed by atoms with Gasteiger partial charge in [-0.05, 0) is 50.5 Å². The fourth-order valence-electron chi connectivity index (χ4n) is 4.51. The molecule has 1 aliphatic heterocycles. The summed E-state index contributed by atoms with van der Waals surface area (Å²) in [6, 6.07) is 0.644. The van der Waals surface area contributed by atoms with E-state index < -0.39 is 5.97 Å². The van der Waals surface area contributed by atoms with Gasteiger partial charge < -0.3 is 15.3 Å². The molecule has 0 bridgehead atoms. The molecule has 1 aliphatic carbocycles. The monoisotopic (exact) mass is 367 g/mol. The number of carboxylic acids is 1. The van der Waals surface area contributed by atoms with Crippen molar-refractivity contribution in [3.05, 3.63) is 0 Å². The Morgan fingerprint density at radius 3 is 2.38 bits per heavy atom. The molecule has 150 valence electrons. The average molecular weight is 368 g/mol. The number of carbonyl (C=O) groups excluding carboxylic acids is 1. The second kappa shape index (κ2) is 10.1. The van der Waals surface area contributed by atoms with Crippen LogP contribution >= 0.6 is 0 Å². The molecule has 2 N–H and O–H groups in total. The van der Waals surface area contributed by atoms with E-state index in [0.717, 1.165) is 44.1 Å². The van der Waals surface area contributed by atoms with Gasteiger partial charge in [-0.2, -0.15) is 0 Å². The highest BCUT2D eigenvalue weighted by Gasteiger charge is 2.29. The first-order valence-electron chi connectivity index (χ1n) is 10.4. The van der Waals surface area contributed by atoms with Crippen LogP contribution in [0.1, 0.15) is 65.7 Å². The van der Waals surface area contributed by atoms with Crippen LogP contribution < -0.4 is 5.32 Å². The number of carbonyl (C=O) groups is 2. The van der Waals surface area contributed by atoms with Crippen LogP contribution in [0.5, 0.6) is 0 Å². The summed E-state index contributed by atoms with van der Waals surface area (Å²) in [4.78, 5) is 27.5. The predicted octanol–water partition coefficient (Wildman–Crippen LogP) is 3.17. The Bertz CT molecular complexity index is 461. The molecule has 6 heteroatoms. The van der Waals surface area contributed by atoms with Crippen LogP contribution in [-0.2, 0) is 4.79 Å². The third-order valence-electron chi connectivity index (χ3n) is 6.30. The summed E-state index contributed by atoms with van der Waals surface area (Å²) in [6.45, 7) is 8.87. The van der Waals surface area contributed by atoms with Gasteiger partial charge in [0, 0.05) is 25.2 Å². The van der Waals surface area contributed by atoms with Crippen molar-refractivity contribution in [1.29, 1.82) is 0 Å². The number of urea groups is 1. The minimum Gasteiger partial charge on any atom is -0.480 e. The van der Waals surface area contributed by atoms with Gasteiger partial charge in [-0.15, -0.1) is 0 Å². The van der Waals surface area contributed by atoms with Gasteiger partial charge in [0.15, 0.2) is 0 Å². The highest BCUT2D eigenvalue weighted by molar-refractivity contribution is 5.74. The zero-order chi connectivity index (χ0) is 19.1. The first-order chi connectivity index (χ1) is 12.4. The number of likely N-dealkylation sites (N-methyl/N-ethyl adjacent to an activating group) is 1. The maximum Gasteiger partial charge on any atom is 0.317 e. The fraction of sp³-hybridized carbons (Fsp3) is 0.900. The van der Waals surface area contributed by atoms with Gasteiger partial charge >= 0.3 is 12.0 Å². The smallest absolute Gasteiger partial charge is 0.317 e. The lowest BCUT2D eigenvalue weighted by atomic mass is 9.89. The van der Waals surface area contributed by atoms with Crippen molar-refractivity contribution in [3.8, 4) is 0 Å². The first-order valence-corrected chi connectivity index (χ1v) is 10.4. The van der Waals surface area contributed by atoms with E-state index in [0.29, 0.717) is 19.1 Å². The standard InChI is InChI=1S/C20H37N3O3/c1-4-22(14-19(24)25)18-10-12-23(13-11-18)20(26)21-17-7-5-6-16(8-9-17)15(2)3/h15-18H,4-14H2,1-3H3,(H,21,26)(H,24,25). The van der Waals surface area contributed by atoms with Crippen LogP contribution in [0.2, 0.25) is 0 Å². The molecule has 1 saturated heterocycles. The van der Waals surface area contributed by atoms with Gasteiger partial charge in [-0.3, -0.25) is 9.69 Å². The average Bonchev–Trinajstić information content (AvgIpc) is 2.85. The van der Waals surface area contributed by atoms with Crippen LogP contribution in [0.3, 0.4) is 0 Å². The summed E-state index contributed by atoms with van der Waals surface area (Å²) in [5.41, 5.74) is 0. The molecule has 0 radical (unpaired) electrons. The van der Waals surface area contributed by atoms with E-state index in [1.807, 2.05) is 16.7 Å². The van der Waals surface area contributed by atoms with E-state index in [4.69, 9.17) is 5.11 Å². The molecule has 26 heavy (non-hydrogen) atoms. The molecule has 6 nitrogen and oxygen atoms in total. The van der Waals surface area contributed by atoms with E-state index in [-0.39, 0.29) is 18.6 Å². The second-order valence-corrected chi connectivity index (χ2v) is 8.33. The summed E-state index contributed by atoms with van der Waals surface area (Å²) >= 11 is 0. The maximum absolute atomic E-state index is 12.6. The number of piperidine rings is 1. The minimum absolute atomic E-state index is 0.0673. The number of amides is 2. The van der Waals surface area contributed by atoms with Crippen molar-refractivity contribution >= 4 is 12.0 Å². The molecule has 2 fully saturated rings. The number of hydrogen-bond acceptors (Lipinski definition) is 3. The number of aliphatic carboxylic acids is 1. The van der Waals surface area contributed by atoms with Gasteiger partial charge in [-0.1, -0.05) is 33.6 Å². The molecular formula is C20H37N3O3. The molecule has 2 rings (SSSR count). The maximum atomic E-state index is 12.6. The van der Waals surface area contributed by atoms with Gasteiger partial charge in [0.1, 0.15) is 0 Å². The van der Waals surface area contributed by atoms with E-state index in [9.17, 15) is 9.59 Å². The zero-order valence-electron chi connectivity index (χ0n) is 16.7. The Hall–Kier alpha value is -1.30. The molecule has 0 spiro atoms. The Balaban J connectivity index is 1.76. The molecule has 0 aromatic carbocycles. The Morgan fingerprint density at radius 2 is 1.81 bits per heavy atom. The van der Waals surface area contributed by atoms with E-state index in [2.05, 4.69) is 19.2 Å². The number of nitrogens with zero attached hydrogens (tertiary/aromatic N) is 2. The SMILES string of the molecule is CCN(CC(=O)O)C1CCN(C(=O)NC2CCCC(C(C)C)CC2)CC1. The van der Waals surface area contributed by atoms with E-state index in [1.54, 1.807) is 0 Å². The highest BCUT2D eigenvalue weighted by atomic mass is 16.4. The number of nitrogens with one attached hydrogen (secondary N) is 1. The Morgan fingerprint density at radius 1 is 1.12 bits per heavy atom. The van der Waals surface area contributed by atoms with Crippen LogP contribution in [0, 0.1) is 11.8 Å². The lowest BCUT2D eigenvalue weighted by molar-refractivity contribution is -0.139. The summed E-state index contributed by atoms with van der Waals surface area (Å²) in [5, 5.41) is 12.3. The molecule has 1 saturated carbocycles. The van der Waals surface area contributed by atoms with Crippen LogP contribution in [0.4, 0.5) is 4.79 Å². The minimum atomic E-state index is -0.778. The third-order valence-corrected chi connectivity index (χ3v) is 6.30. The van der Waals surface area contributed by atoms with Gasteiger partial charge in [0.25, 0.3) is 0 Å². The van der Waals surface area contributed by atoms with Gasteiger partial charge in [0.2, 0.25) is 0 Å². The van der Waals surface area contributed by atoms with Crippen molar-refractivity contribution in [2.24, 2.45) is 11.8 Å². The topological polar surface area (TPSA) is 72.9 Å². The van der Waals surface area contributed by atoms with E-state index >= 15 is 0 Å². The molecule has 2 unspecified atom stereocenters. The van der Waals surface area contributed by atoms with E-state index in [1.165, 1.54) is 19.3 Å². The quantitative estimate of drug-likeness (QED) is 0.707. The molecule has 1 heterocycles. The van der Waals surface area contributed by atoms with Gasteiger partial charge in [-0.25, -0.2) is 4.79 Å². The zero-order valence-corrected chi connectivity index (χ0v) is 16.7. The van der Waals surface area contributed by atoms with Crippen molar-refractivity contribution in [3.63, 3.8) is 0 Å². The van der Waals surface area contributed by atoms with Gasteiger partial charge in [0.05, 0.1) is 6.54 Å². The van der Waals surface area contributed by atoms with Crippen LogP contribution in [-0.4, -0.2) is 65.2 Å². The highest BCUT2D eigenvalue weighted by Crippen LogP contribution is 2.29. The number of hydrogen-bond donors (Lipinski definition) is 2. The summed E-state index contributed by atoms with van der Waals surface area (Å²) in [7, 11) is 0. The molecule has 2 atom stereocenters. The predicted molar refractivity (Wildman–Crippen MR) is 103 cm³/mol. The molecule has 0 aromatic rings. The Labute approximate surface area is 158 Å². The fourth-order valence-corrected chi connectivity index (χ4v) is 4.51. The number of rotatable bonds is 6. The van der Waals surface area contributed by atoms with Crippen molar-refractivity contribution in [2.75, 3.05) is 26.2 Å². The summed E-state index contributed by atoms with van der Waals surface area (Å²) in [5.74, 6) is 0.748. The molecule has 2 amide bonds. The van der Waals surface area contributed by atoms with Crippen molar-refractivity contribution in [2.45, 2.75) is 77.8 Å². The normalized spacial score (nSPS) is 25.3. The van der Waals surface area contributed by atoms with Crippen molar-refractivity contribution < 1.29 is 14.7 Å². The van der Waals surface area contributed by atoms with Crippen molar-refractivity contribution in [1.82, 2.24) is 15.1 Å². The van der Waals surface area contributed by atoms with Crippen LogP contribution in [0.15, 0.2) is 0 Å². The summed E-state index contributed by atoms with van der Waals surface area (Å²) in [6.07, 6.45) is 7.60. The summed E-state index contributed by atoms with van der Waals surface area (Å²) < 4.78 is 0. The number of carboxylic acid groups (broad SMARTS) is 1. The Kier molecular flexibility index (Phi) is 8.19. The molecular weight excluding hydrogens is 330 g/mol. The lowest BCUT2D eigenvalue weighted by Gasteiger charge is -2.38. The first kappa shape index (κ1) is 21.0. The molecule has 0 aromatic heterocycles. The number of likely N-dealkylation sites (tertiary alicyclic amines) is 1.